The van der Waals surface area contributed by atoms with E-state index in [1.165, 1.54) is 24.8 Å². The van der Waals surface area contributed by atoms with Crippen LogP contribution in [-0.2, 0) is 20.9 Å². The Morgan fingerprint density at radius 3 is 2.71 bits per heavy atom. The number of aromatic nitrogens is 3. The Balaban J connectivity index is 1.63. The maximum atomic E-state index is 14.8. The lowest BCUT2D eigenvalue weighted by molar-refractivity contribution is -0.137. The number of piperidine rings is 1. The van der Waals surface area contributed by atoms with Gasteiger partial charge in [0.1, 0.15) is 5.82 Å². The van der Waals surface area contributed by atoms with E-state index in [0.717, 1.165) is 18.4 Å². The Morgan fingerprint density at radius 2 is 2.03 bits per heavy atom. The van der Waals surface area contributed by atoms with Gasteiger partial charge in [0, 0.05) is 49.7 Å². The Labute approximate surface area is 207 Å². The molecule has 1 saturated carbocycles. The van der Waals surface area contributed by atoms with Crippen molar-refractivity contribution < 1.29 is 23.9 Å². The van der Waals surface area contributed by atoms with Crippen molar-refractivity contribution in [1.29, 1.82) is 0 Å². The van der Waals surface area contributed by atoms with E-state index >= 15 is 0 Å². The molecule has 10 heteroatoms. The summed E-state index contributed by atoms with van der Waals surface area (Å²) in [5.41, 5.74) is 2.03. The van der Waals surface area contributed by atoms with Crippen molar-refractivity contribution in [2.75, 3.05) is 13.1 Å². The third kappa shape index (κ3) is 6.43. The molecule has 2 aromatic rings. The van der Waals surface area contributed by atoms with Crippen LogP contribution in [0.1, 0.15) is 56.3 Å². The average molecular weight is 501 g/mol. The molecule has 2 aliphatic rings. The Hall–Kier alpha value is -2.85. The van der Waals surface area contributed by atoms with Crippen molar-refractivity contribution >= 4 is 34.7 Å². The van der Waals surface area contributed by atoms with Gasteiger partial charge in [-0.15, -0.1) is 5.10 Å². The number of aliphatic carboxylic acids is 1. The minimum atomic E-state index is -0.870. The third-order valence-electron chi connectivity index (χ3n) is 6.34. The largest absolute Gasteiger partial charge is 0.481 e. The smallest absolute Gasteiger partial charge is 0.303 e. The number of halogens is 1. The number of hydrogen-bond donors (Lipinski definition) is 1. The zero-order valence-corrected chi connectivity index (χ0v) is 20.4. The molecule has 2 unspecified atom stereocenters. The molecule has 0 amide bonds. The van der Waals surface area contributed by atoms with E-state index in [0.29, 0.717) is 43.7 Å². The fraction of sp³-hybridized carbons (Fsp3) is 0.480. The summed E-state index contributed by atoms with van der Waals surface area (Å²) in [6.07, 6.45) is 6.28. The van der Waals surface area contributed by atoms with Gasteiger partial charge >= 0.3 is 5.97 Å². The molecule has 35 heavy (non-hydrogen) atoms. The molecule has 186 valence electrons. The number of rotatable bonds is 10. The summed E-state index contributed by atoms with van der Waals surface area (Å²) in [4.78, 5) is 38.1. The number of carbonyl (C=O) groups is 3. The molecule has 1 saturated heterocycles. The van der Waals surface area contributed by atoms with Gasteiger partial charge in [0.05, 0.1) is 17.9 Å². The van der Waals surface area contributed by atoms with Crippen LogP contribution in [-0.4, -0.2) is 60.2 Å². The Morgan fingerprint density at radius 1 is 1.26 bits per heavy atom. The number of nitrogens with zero attached hydrogens (tertiary/aromatic N) is 4. The van der Waals surface area contributed by atoms with Crippen LogP contribution in [0.3, 0.4) is 0 Å². The van der Waals surface area contributed by atoms with E-state index in [1.807, 2.05) is 11.0 Å². The number of Topliss-reactive ketones (excluding diaryl/α,β-unsaturated/α-hetero) is 1. The third-order valence-corrected chi connectivity index (χ3v) is 7.50. The zero-order chi connectivity index (χ0) is 24.9. The standard InChI is InChI=1S/C25H29FN4O4S/c1-16(31)35-22-10-12-29(24(25(34)17-8-9-17)20-5-2-3-6-21(20)26)15-18(22)13-19-14-27-28-30(19)11-4-7-23(32)33/h2-3,5-6,13-14,17,22,24H,4,7-12,15H2,1H3,(H,32,33)/b18-13-. The van der Waals surface area contributed by atoms with Crippen LogP contribution in [0.4, 0.5) is 4.39 Å². The zero-order valence-electron chi connectivity index (χ0n) is 19.6. The fourth-order valence-electron chi connectivity index (χ4n) is 4.52. The van der Waals surface area contributed by atoms with Crippen LogP contribution in [0.25, 0.3) is 6.08 Å². The summed E-state index contributed by atoms with van der Waals surface area (Å²) >= 11 is 1.25. The van der Waals surface area contributed by atoms with Crippen molar-refractivity contribution in [1.82, 2.24) is 19.9 Å². The molecule has 1 aliphatic heterocycles. The monoisotopic (exact) mass is 500 g/mol. The molecule has 0 bridgehead atoms. The first-order valence-corrected chi connectivity index (χ1v) is 12.7. The molecule has 1 aromatic heterocycles. The highest BCUT2D eigenvalue weighted by molar-refractivity contribution is 8.14. The van der Waals surface area contributed by atoms with Gasteiger partial charge in [0.2, 0.25) is 0 Å². The van der Waals surface area contributed by atoms with Crippen LogP contribution in [0.2, 0.25) is 0 Å². The van der Waals surface area contributed by atoms with Gasteiger partial charge in [0.15, 0.2) is 10.9 Å². The minimum absolute atomic E-state index is 0.00199. The van der Waals surface area contributed by atoms with E-state index in [-0.39, 0.29) is 28.5 Å². The first-order valence-electron chi connectivity index (χ1n) is 11.8. The number of likely N-dealkylation sites (tertiary alicyclic amines) is 1. The predicted molar refractivity (Wildman–Crippen MR) is 130 cm³/mol. The summed E-state index contributed by atoms with van der Waals surface area (Å²) in [6, 6.07) is 5.77. The lowest BCUT2D eigenvalue weighted by Crippen LogP contribution is -2.43. The van der Waals surface area contributed by atoms with Crippen molar-refractivity contribution in [2.45, 2.75) is 56.9 Å². The van der Waals surface area contributed by atoms with Crippen molar-refractivity contribution in [3.63, 3.8) is 0 Å². The summed E-state index contributed by atoms with van der Waals surface area (Å²) in [5, 5.41) is 16.9. The number of aryl methyl sites for hydroxylation is 1. The Kier molecular flexibility index (Phi) is 8.12. The van der Waals surface area contributed by atoms with Gasteiger partial charge in [-0.2, -0.15) is 0 Å². The van der Waals surface area contributed by atoms with E-state index < -0.39 is 17.8 Å². The first-order chi connectivity index (χ1) is 16.8. The quantitative estimate of drug-likeness (QED) is 0.526. The number of thioether (sulfide) groups is 1. The van der Waals surface area contributed by atoms with Crippen molar-refractivity contribution in [3.05, 3.63) is 53.1 Å². The van der Waals surface area contributed by atoms with Crippen LogP contribution >= 0.6 is 11.8 Å². The van der Waals surface area contributed by atoms with Gasteiger partial charge in [-0.1, -0.05) is 35.2 Å². The second-order valence-corrected chi connectivity index (χ2v) is 10.4. The van der Waals surface area contributed by atoms with E-state index in [9.17, 15) is 18.8 Å². The molecule has 1 aromatic carbocycles. The summed E-state index contributed by atoms with van der Waals surface area (Å²) in [5.74, 6) is -1.24. The van der Waals surface area contributed by atoms with Crippen LogP contribution in [0.15, 0.2) is 36.0 Å². The SMILES string of the molecule is CC(=O)SC1CCN(C(C(=O)C2CC2)c2ccccc2F)C/C1=C/c1cnnn1CCCC(=O)O. The number of benzene rings is 1. The topological polar surface area (TPSA) is 105 Å². The second-order valence-electron chi connectivity index (χ2n) is 9.06. The molecule has 8 nitrogen and oxygen atoms in total. The van der Waals surface area contributed by atoms with E-state index in [4.69, 9.17) is 5.11 Å². The highest BCUT2D eigenvalue weighted by Gasteiger charge is 2.41. The van der Waals surface area contributed by atoms with Gasteiger partial charge in [0.25, 0.3) is 0 Å². The molecule has 1 aliphatic carbocycles. The molecule has 0 spiro atoms. The van der Waals surface area contributed by atoms with Crippen LogP contribution in [0.5, 0.6) is 0 Å². The van der Waals surface area contributed by atoms with Crippen LogP contribution in [0, 0.1) is 11.7 Å². The molecule has 2 fully saturated rings. The number of carbonyl (C=O) groups excluding carboxylic acids is 2. The van der Waals surface area contributed by atoms with Crippen molar-refractivity contribution in [3.8, 4) is 0 Å². The second kappa shape index (κ2) is 11.3. The summed E-state index contributed by atoms with van der Waals surface area (Å²) in [7, 11) is 0. The van der Waals surface area contributed by atoms with Gasteiger partial charge in [-0.25, -0.2) is 9.07 Å². The van der Waals surface area contributed by atoms with E-state index in [1.54, 1.807) is 29.1 Å². The number of carboxylic acid groups (broad SMARTS) is 1. The molecule has 1 N–H and O–H groups in total. The number of carboxylic acids is 1. The molecule has 2 heterocycles. The fourth-order valence-corrected chi connectivity index (χ4v) is 5.43. The first kappa shape index (κ1) is 25.2. The van der Waals surface area contributed by atoms with Crippen molar-refractivity contribution in [2.24, 2.45) is 5.92 Å². The lowest BCUT2D eigenvalue weighted by atomic mass is 9.93. The molecular weight excluding hydrogens is 471 g/mol. The maximum absolute atomic E-state index is 14.8. The maximum Gasteiger partial charge on any atom is 0.303 e. The van der Waals surface area contributed by atoms with E-state index in [2.05, 4.69) is 10.3 Å². The van der Waals surface area contributed by atoms with Gasteiger partial charge in [-0.3, -0.25) is 19.3 Å². The number of ketones is 1. The van der Waals surface area contributed by atoms with Gasteiger partial charge in [-0.05, 0) is 43.4 Å². The normalized spacial score (nSPS) is 20.6. The van der Waals surface area contributed by atoms with Gasteiger partial charge < -0.3 is 5.11 Å². The highest BCUT2D eigenvalue weighted by atomic mass is 32.2. The van der Waals surface area contributed by atoms with Crippen LogP contribution < -0.4 is 0 Å². The highest BCUT2D eigenvalue weighted by Crippen LogP contribution is 2.40. The molecule has 2 atom stereocenters. The average Bonchev–Trinajstić information content (AvgIpc) is 3.57. The number of hydrogen-bond acceptors (Lipinski definition) is 7. The predicted octanol–water partition coefficient (Wildman–Crippen LogP) is 3.74. The lowest BCUT2D eigenvalue weighted by Gasteiger charge is -2.38. The molecular formula is C25H29FN4O4S. The molecule has 0 radical (unpaired) electrons. The minimum Gasteiger partial charge on any atom is -0.481 e. The summed E-state index contributed by atoms with van der Waals surface area (Å²) < 4.78 is 16.5. The Bertz CT molecular complexity index is 1130. The summed E-state index contributed by atoms with van der Waals surface area (Å²) in [6.45, 7) is 2.90. The molecule has 4 rings (SSSR count).